The molecule has 0 unspecified atom stereocenters. The molecular weight excluding hydrogens is 377 g/mol. The number of rotatable bonds is 2. The summed E-state index contributed by atoms with van der Waals surface area (Å²) in [6.07, 6.45) is -2.75. The van der Waals surface area contributed by atoms with Crippen molar-refractivity contribution < 1.29 is 17.9 Å². The topological polar surface area (TPSA) is 26.5 Å². The van der Waals surface area contributed by atoms with Crippen molar-refractivity contribution in [3.8, 4) is 28.8 Å². The zero-order valence-electron chi connectivity index (χ0n) is 15.4. The second kappa shape index (κ2) is 7.36. The molecule has 0 spiro atoms. The van der Waals surface area contributed by atoms with E-state index in [-0.39, 0.29) is 0 Å². The number of hydrogen-bond acceptors (Lipinski definition) is 2. The van der Waals surface area contributed by atoms with E-state index in [1.54, 1.807) is 17.7 Å². The van der Waals surface area contributed by atoms with Gasteiger partial charge in [-0.05, 0) is 47.4 Å². The van der Waals surface area contributed by atoms with Crippen molar-refractivity contribution >= 4 is 5.65 Å². The average molecular weight is 392 g/mol. The Bertz CT molecular complexity index is 1210. The fraction of sp³-hybridized carbons (Fsp3) is 0.0870. The summed E-state index contributed by atoms with van der Waals surface area (Å²) in [4.78, 5) is 4.40. The predicted molar refractivity (Wildman–Crippen MR) is 105 cm³/mol. The fourth-order valence-corrected chi connectivity index (χ4v) is 2.99. The summed E-state index contributed by atoms with van der Waals surface area (Å²) in [5.74, 6) is 6.41. The highest BCUT2D eigenvalue weighted by Gasteiger charge is 2.29. The smallest absolute Gasteiger partial charge is 0.416 e. The van der Waals surface area contributed by atoms with Crippen LogP contribution in [0, 0.1) is 11.8 Å². The molecule has 144 valence electrons. The molecule has 0 radical (unpaired) electrons. The van der Waals surface area contributed by atoms with Crippen molar-refractivity contribution in [1.29, 1.82) is 0 Å². The molecule has 0 atom stereocenters. The standard InChI is InChI=1S/C23H15F3N2O/c1-29-22-14-18(17-5-3-2-4-6-17)13-21-27-15-20(28(21)22)12-9-16-7-10-19(11-8-16)23(24,25)26/h2-8,10-11,13-15H,1H3. The van der Waals surface area contributed by atoms with Crippen molar-refractivity contribution in [2.24, 2.45) is 0 Å². The van der Waals surface area contributed by atoms with Crippen LogP contribution in [0.25, 0.3) is 16.8 Å². The molecule has 0 fully saturated rings. The third kappa shape index (κ3) is 3.81. The first-order valence-corrected chi connectivity index (χ1v) is 8.76. The second-order valence-corrected chi connectivity index (χ2v) is 6.31. The monoisotopic (exact) mass is 392 g/mol. The van der Waals surface area contributed by atoms with Gasteiger partial charge in [-0.3, -0.25) is 4.40 Å². The molecular formula is C23H15F3N2O. The minimum atomic E-state index is -4.36. The third-order valence-corrected chi connectivity index (χ3v) is 4.44. The first kappa shape index (κ1) is 18.6. The summed E-state index contributed by atoms with van der Waals surface area (Å²) in [5.41, 5.74) is 3.02. The van der Waals surface area contributed by atoms with Crippen LogP contribution < -0.4 is 4.74 Å². The van der Waals surface area contributed by atoms with Crippen molar-refractivity contribution in [3.63, 3.8) is 0 Å². The summed E-state index contributed by atoms with van der Waals surface area (Å²) in [6, 6.07) is 18.4. The Hall–Kier alpha value is -3.72. The number of benzene rings is 2. The quantitative estimate of drug-likeness (QED) is 0.426. The first-order chi connectivity index (χ1) is 14.0. The number of alkyl halides is 3. The SMILES string of the molecule is COc1cc(-c2ccccc2)cc2ncc(C#Cc3ccc(C(F)(F)F)cc3)n12. The maximum atomic E-state index is 12.7. The Kier molecular flexibility index (Phi) is 4.73. The Morgan fingerprint density at radius 3 is 2.28 bits per heavy atom. The molecule has 0 saturated carbocycles. The molecule has 2 aromatic carbocycles. The van der Waals surface area contributed by atoms with E-state index in [0.717, 1.165) is 23.3 Å². The van der Waals surface area contributed by atoms with Gasteiger partial charge in [0.05, 0.1) is 18.9 Å². The van der Waals surface area contributed by atoms with E-state index < -0.39 is 11.7 Å². The number of pyridine rings is 1. The van der Waals surface area contributed by atoms with Crippen molar-refractivity contribution in [2.75, 3.05) is 7.11 Å². The van der Waals surface area contributed by atoms with Crippen LogP contribution in [-0.2, 0) is 6.18 Å². The first-order valence-electron chi connectivity index (χ1n) is 8.76. The van der Waals surface area contributed by atoms with Crippen LogP contribution in [0.2, 0.25) is 0 Å². The normalized spacial score (nSPS) is 11.2. The zero-order valence-corrected chi connectivity index (χ0v) is 15.4. The Labute approximate surface area is 165 Å². The van der Waals surface area contributed by atoms with Crippen LogP contribution in [0.15, 0.2) is 72.9 Å². The summed E-state index contributed by atoms with van der Waals surface area (Å²) >= 11 is 0. The highest BCUT2D eigenvalue weighted by Crippen LogP contribution is 2.29. The van der Waals surface area contributed by atoms with E-state index >= 15 is 0 Å². The number of methoxy groups -OCH3 is 1. The van der Waals surface area contributed by atoms with Gasteiger partial charge in [0.1, 0.15) is 11.3 Å². The fourth-order valence-electron chi connectivity index (χ4n) is 2.99. The summed E-state index contributed by atoms with van der Waals surface area (Å²) in [5, 5.41) is 0. The van der Waals surface area contributed by atoms with Crippen LogP contribution in [-0.4, -0.2) is 16.5 Å². The molecule has 0 aliphatic heterocycles. The lowest BCUT2D eigenvalue weighted by Gasteiger charge is -2.09. The molecule has 0 saturated heterocycles. The Morgan fingerprint density at radius 2 is 1.62 bits per heavy atom. The number of ether oxygens (including phenoxy) is 1. The molecule has 2 heterocycles. The van der Waals surface area contributed by atoms with E-state index in [1.807, 2.05) is 42.5 Å². The van der Waals surface area contributed by atoms with Gasteiger partial charge in [-0.15, -0.1) is 0 Å². The van der Waals surface area contributed by atoms with E-state index in [9.17, 15) is 13.2 Å². The van der Waals surface area contributed by atoms with E-state index in [0.29, 0.717) is 22.8 Å². The van der Waals surface area contributed by atoms with E-state index in [4.69, 9.17) is 4.74 Å². The Morgan fingerprint density at radius 1 is 0.897 bits per heavy atom. The molecule has 29 heavy (non-hydrogen) atoms. The third-order valence-electron chi connectivity index (χ3n) is 4.44. The number of nitrogens with zero attached hydrogens (tertiary/aromatic N) is 2. The zero-order chi connectivity index (χ0) is 20.4. The molecule has 3 nitrogen and oxygen atoms in total. The van der Waals surface area contributed by atoms with Gasteiger partial charge in [0, 0.05) is 11.6 Å². The van der Waals surface area contributed by atoms with Gasteiger partial charge in [-0.25, -0.2) is 4.98 Å². The van der Waals surface area contributed by atoms with E-state index in [2.05, 4.69) is 16.8 Å². The maximum absolute atomic E-state index is 12.7. The van der Waals surface area contributed by atoms with Crippen molar-refractivity contribution in [3.05, 3.63) is 89.7 Å². The molecule has 6 heteroatoms. The van der Waals surface area contributed by atoms with Gasteiger partial charge >= 0.3 is 6.18 Å². The van der Waals surface area contributed by atoms with Crippen LogP contribution in [0.3, 0.4) is 0 Å². The summed E-state index contributed by atoms with van der Waals surface area (Å²) in [6.45, 7) is 0. The van der Waals surface area contributed by atoms with Crippen LogP contribution in [0.1, 0.15) is 16.8 Å². The van der Waals surface area contributed by atoms with Gasteiger partial charge in [-0.1, -0.05) is 36.3 Å². The minimum absolute atomic E-state index is 0.479. The van der Waals surface area contributed by atoms with Gasteiger partial charge in [0.2, 0.25) is 5.88 Å². The lowest BCUT2D eigenvalue weighted by molar-refractivity contribution is -0.137. The molecule has 0 amide bonds. The number of fused-ring (bicyclic) bond motifs is 1. The Balaban J connectivity index is 1.72. The highest BCUT2D eigenvalue weighted by atomic mass is 19.4. The van der Waals surface area contributed by atoms with Crippen molar-refractivity contribution in [2.45, 2.75) is 6.18 Å². The summed E-state index contributed by atoms with van der Waals surface area (Å²) < 4.78 is 45.3. The van der Waals surface area contributed by atoms with Gasteiger partial charge in [0.15, 0.2) is 0 Å². The lowest BCUT2D eigenvalue weighted by Crippen LogP contribution is -2.04. The molecule has 0 bridgehead atoms. The average Bonchev–Trinajstić information content (AvgIpc) is 3.15. The molecule has 4 aromatic rings. The molecule has 2 aromatic heterocycles. The number of halogens is 3. The molecule has 4 rings (SSSR count). The highest BCUT2D eigenvalue weighted by molar-refractivity contribution is 5.70. The predicted octanol–water partition coefficient (Wildman–Crippen LogP) is 5.43. The molecule has 0 N–H and O–H groups in total. The molecule has 0 aliphatic carbocycles. The van der Waals surface area contributed by atoms with Crippen molar-refractivity contribution in [1.82, 2.24) is 9.38 Å². The van der Waals surface area contributed by atoms with Gasteiger partial charge in [-0.2, -0.15) is 13.2 Å². The largest absolute Gasteiger partial charge is 0.482 e. The minimum Gasteiger partial charge on any atom is -0.482 e. The number of aromatic nitrogens is 2. The second-order valence-electron chi connectivity index (χ2n) is 6.31. The van der Waals surface area contributed by atoms with Crippen LogP contribution >= 0.6 is 0 Å². The number of hydrogen-bond donors (Lipinski definition) is 0. The van der Waals surface area contributed by atoms with Gasteiger partial charge in [0.25, 0.3) is 0 Å². The van der Waals surface area contributed by atoms with Gasteiger partial charge < -0.3 is 4.74 Å². The van der Waals surface area contributed by atoms with Crippen LogP contribution in [0.4, 0.5) is 13.2 Å². The van der Waals surface area contributed by atoms with E-state index in [1.165, 1.54) is 12.1 Å². The molecule has 0 aliphatic rings. The van der Waals surface area contributed by atoms with Crippen LogP contribution in [0.5, 0.6) is 5.88 Å². The summed E-state index contributed by atoms with van der Waals surface area (Å²) in [7, 11) is 1.57. The maximum Gasteiger partial charge on any atom is 0.416 e. The lowest BCUT2D eigenvalue weighted by atomic mass is 10.1. The number of imidazole rings is 1.